The lowest BCUT2D eigenvalue weighted by Crippen LogP contribution is -2.36. The fraction of sp³-hybridized carbons (Fsp3) is 0.900. The molecule has 0 aliphatic rings. The third-order valence-corrected chi connectivity index (χ3v) is 2.64. The van der Waals surface area contributed by atoms with Crippen LogP contribution >= 0.6 is 22.6 Å². The average Bonchev–Trinajstić information content (AvgIpc) is 1.99. The third kappa shape index (κ3) is 6.59. The molecule has 0 aromatic rings. The molecule has 0 aliphatic heterocycles. The van der Waals surface area contributed by atoms with E-state index in [2.05, 4.69) is 43.4 Å². The van der Waals surface area contributed by atoms with Crippen LogP contribution in [-0.4, -0.2) is 22.5 Å². The summed E-state index contributed by atoms with van der Waals surface area (Å²) in [6.45, 7) is 8.27. The Morgan fingerprint density at radius 1 is 1.50 bits per heavy atom. The van der Waals surface area contributed by atoms with Gasteiger partial charge in [-0.3, -0.25) is 4.79 Å². The van der Waals surface area contributed by atoms with Gasteiger partial charge in [0.15, 0.2) is 0 Å². The Bertz CT molecular complexity index is 189. The molecule has 0 spiro atoms. The first-order valence-electron chi connectivity index (χ1n) is 4.78. The van der Waals surface area contributed by atoms with E-state index >= 15 is 0 Å². The van der Waals surface area contributed by atoms with Gasteiger partial charge in [-0.25, -0.2) is 0 Å². The zero-order valence-electron chi connectivity index (χ0n) is 9.34. The molecule has 4 heteroatoms. The van der Waals surface area contributed by atoms with Crippen molar-refractivity contribution in [2.75, 3.05) is 4.43 Å². The molecule has 0 radical (unpaired) electrons. The van der Waals surface area contributed by atoms with Gasteiger partial charge >= 0.3 is 5.97 Å². The van der Waals surface area contributed by atoms with Crippen LogP contribution in [0, 0.1) is 5.41 Å². The van der Waals surface area contributed by atoms with Gasteiger partial charge in [-0.05, 0) is 18.8 Å². The third-order valence-electron chi connectivity index (χ3n) is 1.69. The molecule has 0 amide bonds. The number of rotatable bonds is 4. The van der Waals surface area contributed by atoms with E-state index in [-0.39, 0.29) is 17.5 Å². The Hall–Kier alpha value is 0.160. The van der Waals surface area contributed by atoms with Crippen molar-refractivity contribution in [3.8, 4) is 0 Å². The lowest BCUT2D eigenvalue weighted by atomic mass is 9.90. The molecule has 0 aromatic carbocycles. The van der Waals surface area contributed by atoms with Crippen LogP contribution < -0.4 is 5.73 Å². The van der Waals surface area contributed by atoms with E-state index in [1.54, 1.807) is 0 Å². The van der Waals surface area contributed by atoms with Gasteiger partial charge in [0.05, 0.1) is 6.10 Å². The zero-order chi connectivity index (χ0) is 11.4. The van der Waals surface area contributed by atoms with E-state index in [4.69, 9.17) is 10.5 Å². The van der Waals surface area contributed by atoms with Gasteiger partial charge in [-0.2, -0.15) is 0 Å². The smallest absolute Gasteiger partial charge is 0.323 e. The van der Waals surface area contributed by atoms with Crippen LogP contribution in [0.25, 0.3) is 0 Å². The van der Waals surface area contributed by atoms with Crippen molar-refractivity contribution in [3.63, 3.8) is 0 Å². The first kappa shape index (κ1) is 14.2. The molecule has 0 unspecified atom stereocenters. The van der Waals surface area contributed by atoms with Crippen LogP contribution in [-0.2, 0) is 9.53 Å². The highest BCUT2D eigenvalue weighted by molar-refractivity contribution is 14.1. The molecular weight excluding hydrogens is 293 g/mol. The van der Waals surface area contributed by atoms with E-state index < -0.39 is 6.04 Å². The van der Waals surface area contributed by atoms with Crippen LogP contribution in [0.2, 0.25) is 0 Å². The lowest BCUT2D eigenvalue weighted by Gasteiger charge is -2.24. The number of hydrogen-bond acceptors (Lipinski definition) is 3. The van der Waals surface area contributed by atoms with Gasteiger partial charge in [0, 0.05) is 4.43 Å². The number of ether oxygens (including phenoxy) is 1. The molecule has 2 N–H and O–H groups in total. The first-order chi connectivity index (χ1) is 6.26. The minimum atomic E-state index is -0.488. The SMILES string of the molecule is C[C@@H](CC(C)(C)C)OC(=O)[C@@H](N)CI. The van der Waals surface area contributed by atoms with Crippen molar-refractivity contribution >= 4 is 28.6 Å². The molecule has 0 saturated carbocycles. The minimum Gasteiger partial charge on any atom is -0.461 e. The van der Waals surface area contributed by atoms with Crippen molar-refractivity contribution < 1.29 is 9.53 Å². The van der Waals surface area contributed by atoms with Gasteiger partial charge in [0.2, 0.25) is 0 Å². The topological polar surface area (TPSA) is 52.3 Å². The fourth-order valence-corrected chi connectivity index (χ4v) is 1.61. The molecule has 0 rings (SSSR count). The predicted octanol–water partition coefficient (Wildman–Crippen LogP) is 2.12. The number of carbonyl (C=O) groups is 1. The van der Waals surface area contributed by atoms with Crippen molar-refractivity contribution in [2.24, 2.45) is 11.1 Å². The summed E-state index contributed by atoms with van der Waals surface area (Å²) in [4.78, 5) is 11.3. The van der Waals surface area contributed by atoms with Crippen molar-refractivity contribution in [1.29, 1.82) is 0 Å². The normalized spacial score (nSPS) is 16.1. The standard InChI is InChI=1S/C10H20INO2/c1-7(5-10(2,3)4)14-9(13)8(12)6-11/h7-8H,5-6,12H2,1-4H3/t7-,8-/m0/s1. The Morgan fingerprint density at radius 2 is 2.00 bits per heavy atom. The molecule has 14 heavy (non-hydrogen) atoms. The summed E-state index contributed by atoms with van der Waals surface area (Å²) in [5, 5.41) is 0. The number of halogens is 1. The summed E-state index contributed by atoms with van der Waals surface area (Å²) in [6, 6.07) is -0.488. The summed E-state index contributed by atoms with van der Waals surface area (Å²) in [5.74, 6) is -0.295. The summed E-state index contributed by atoms with van der Waals surface area (Å²) >= 11 is 2.08. The van der Waals surface area contributed by atoms with Crippen molar-refractivity contribution in [3.05, 3.63) is 0 Å². The second-order valence-electron chi connectivity index (χ2n) is 4.77. The van der Waals surface area contributed by atoms with E-state index in [1.165, 1.54) is 0 Å². The van der Waals surface area contributed by atoms with Crippen LogP contribution in [0.3, 0.4) is 0 Å². The Balaban J connectivity index is 3.95. The van der Waals surface area contributed by atoms with Crippen molar-refractivity contribution in [2.45, 2.75) is 46.3 Å². The largest absolute Gasteiger partial charge is 0.461 e. The molecular formula is C10H20INO2. The zero-order valence-corrected chi connectivity index (χ0v) is 11.5. The molecule has 0 fully saturated rings. The summed E-state index contributed by atoms with van der Waals surface area (Å²) < 4.78 is 5.81. The average molecular weight is 313 g/mol. The Labute approximate surface area is 99.9 Å². The number of carbonyl (C=O) groups excluding carboxylic acids is 1. The quantitative estimate of drug-likeness (QED) is 0.491. The highest BCUT2D eigenvalue weighted by atomic mass is 127. The van der Waals surface area contributed by atoms with Gasteiger partial charge in [-0.15, -0.1) is 0 Å². The molecule has 84 valence electrons. The number of hydrogen-bond donors (Lipinski definition) is 1. The molecule has 0 aromatic heterocycles. The molecule has 2 atom stereocenters. The minimum absolute atomic E-state index is 0.0588. The Morgan fingerprint density at radius 3 is 2.36 bits per heavy atom. The van der Waals surface area contributed by atoms with Crippen molar-refractivity contribution in [1.82, 2.24) is 0 Å². The van der Waals surface area contributed by atoms with Crippen LogP contribution in [0.4, 0.5) is 0 Å². The monoisotopic (exact) mass is 313 g/mol. The van der Waals surface area contributed by atoms with E-state index in [1.807, 2.05) is 6.92 Å². The lowest BCUT2D eigenvalue weighted by molar-refractivity contribution is -0.150. The van der Waals surface area contributed by atoms with Gasteiger partial charge in [0.25, 0.3) is 0 Å². The number of esters is 1. The van der Waals surface area contributed by atoms with E-state index in [0.717, 1.165) is 6.42 Å². The molecule has 0 saturated heterocycles. The maximum atomic E-state index is 11.3. The van der Waals surface area contributed by atoms with Gasteiger partial charge in [-0.1, -0.05) is 43.4 Å². The van der Waals surface area contributed by atoms with E-state index in [0.29, 0.717) is 4.43 Å². The van der Waals surface area contributed by atoms with Crippen LogP contribution in [0.1, 0.15) is 34.1 Å². The van der Waals surface area contributed by atoms with Crippen LogP contribution in [0.5, 0.6) is 0 Å². The predicted molar refractivity (Wildman–Crippen MR) is 66.5 cm³/mol. The molecule has 0 heterocycles. The molecule has 0 aliphatic carbocycles. The van der Waals surface area contributed by atoms with Gasteiger partial charge in [0.1, 0.15) is 6.04 Å². The Kier molecular flexibility index (Phi) is 5.97. The summed E-state index contributed by atoms with van der Waals surface area (Å²) in [5.41, 5.74) is 5.72. The highest BCUT2D eigenvalue weighted by Crippen LogP contribution is 2.22. The number of alkyl halides is 1. The van der Waals surface area contributed by atoms with Gasteiger partial charge < -0.3 is 10.5 Å². The summed E-state index contributed by atoms with van der Waals surface area (Å²) in [7, 11) is 0. The van der Waals surface area contributed by atoms with E-state index in [9.17, 15) is 4.79 Å². The molecule has 3 nitrogen and oxygen atoms in total. The van der Waals surface area contributed by atoms with Crippen LogP contribution in [0.15, 0.2) is 0 Å². The summed E-state index contributed by atoms with van der Waals surface area (Å²) in [6.07, 6.45) is 0.795. The molecule has 0 bridgehead atoms. The number of nitrogens with two attached hydrogens (primary N) is 1. The first-order valence-corrected chi connectivity index (χ1v) is 6.31. The fourth-order valence-electron chi connectivity index (χ4n) is 1.25. The maximum Gasteiger partial charge on any atom is 0.323 e. The highest BCUT2D eigenvalue weighted by Gasteiger charge is 2.21. The maximum absolute atomic E-state index is 11.3. The second kappa shape index (κ2) is 5.90. The second-order valence-corrected chi connectivity index (χ2v) is 5.65.